The van der Waals surface area contributed by atoms with Crippen LogP contribution in [0.4, 0.5) is 0 Å². The molecule has 0 radical (unpaired) electrons. The van der Waals surface area contributed by atoms with Crippen LogP contribution in [0.1, 0.15) is 17.2 Å². The van der Waals surface area contributed by atoms with Crippen LogP contribution in [-0.2, 0) is 0 Å². The molecule has 0 spiro atoms. The zero-order valence-electron chi connectivity index (χ0n) is 11.2. The van der Waals surface area contributed by atoms with E-state index in [1.165, 1.54) is 0 Å². The van der Waals surface area contributed by atoms with Crippen molar-refractivity contribution < 1.29 is 5.11 Å². The summed E-state index contributed by atoms with van der Waals surface area (Å²) in [6, 6.07) is 5.08. The molecule has 0 heterocycles. The van der Waals surface area contributed by atoms with Crippen LogP contribution in [0.15, 0.2) is 43.5 Å². The van der Waals surface area contributed by atoms with Crippen LogP contribution in [0.5, 0.6) is 5.75 Å². The maximum absolute atomic E-state index is 10.0. The van der Waals surface area contributed by atoms with Crippen LogP contribution in [0.25, 0.3) is 0 Å². The highest BCUT2D eigenvalue weighted by Gasteiger charge is 2.24. The molecular formula is C15H20N2OS. The maximum atomic E-state index is 10.0. The molecule has 0 aliphatic heterocycles. The zero-order chi connectivity index (χ0) is 14.4. The van der Waals surface area contributed by atoms with Crippen molar-refractivity contribution in [3.63, 3.8) is 0 Å². The molecule has 0 saturated heterocycles. The summed E-state index contributed by atoms with van der Waals surface area (Å²) in [6.07, 6.45) is 3.56. The monoisotopic (exact) mass is 276 g/mol. The highest BCUT2D eigenvalue weighted by molar-refractivity contribution is 7.80. The van der Waals surface area contributed by atoms with Crippen LogP contribution in [0, 0.1) is 6.92 Å². The largest absolute Gasteiger partial charge is 0.508 e. The van der Waals surface area contributed by atoms with E-state index < -0.39 is 0 Å². The molecule has 1 rings (SSSR count). The van der Waals surface area contributed by atoms with E-state index in [1.54, 1.807) is 18.2 Å². The third-order valence-electron chi connectivity index (χ3n) is 2.84. The normalized spacial score (nSPS) is 12.1. The SMILES string of the molecule is C=CCN(CC=C)C(C(N)=S)c1cc(C)ccc1O. The summed E-state index contributed by atoms with van der Waals surface area (Å²) < 4.78 is 0. The van der Waals surface area contributed by atoms with Gasteiger partial charge >= 0.3 is 0 Å². The minimum Gasteiger partial charge on any atom is -0.508 e. The Labute approximate surface area is 120 Å². The van der Waals surface area contributed by atoms with Gasteiger partial charge < -0.3 is 10.8 Å². The number of nitrogens with zero attached hydrogens (tertiary/aromatic N) is 1. The number of nitrogens with two attached hydrogens (primary N) is 1. The van der Waals surface area contributed by atoms with Gasteiger partial charge in [-0.15, -0.1) is 13.2 Å². The lowest BCUT2D eigenvalue weighted by atomic mass is 10.0. The van der Waals surface area contributed by atoms with Gasteiger partial charge in [0.25, 0.3) is 0 Å². The fourth-order valence-corrected chi connectivity index (χ4v) is 2.32. The Balaban J connectivity index is 3.24. The Morgan fingerprint density at radius 1 is 1.42 bits per heavy atom. The minimum absolute atomic E-state index is 0.196. The molecule has 3 N–H and O–H groups in total. The maximum Gasteiger partial charge on any atom is 0.120 e. The molecule has 1 atom stereocenters. The standard InChI is InChI=1S/C15H20N2OS/c1-4-8-17(9-5-2)14(15(16)19)12-10-11(3)6-7-13(12)18/h4-7,10,14,18H,1-2,8-9H2,3H3,(H2,16,19). The number of phenols is 1. The second kappa shape index (κ2) is 7.07. The lowest BCUT2D eigenvalue weighted by molar-refractivity contribution is 0.295. The third-order valence-corrected chi connectivity index (χ3v) is 3.06. The smallest absolute Gasteiger partial charge is 0.120 e. The molecule has 1 aromatic carbocycles. The van der Waals surface area contributed by atoms with Gasteiger partial charge in [0.05, 0.1) is 11.0 Å². The highest BCUT2D eigenvalue weighted by atomic mass is 32.1. The number of hydrogen-bond donors (Lipinski definition) is 2. The van der Waals surface area contributed by atoms with Crippen molar-refractivity contribution in [1.82, 2.24) is 4.90 Å². The molecule has 0 aliphatic carbocycles. The van der Waals surface area contributed by atoms with Gasteiger partial charge in [0, 0.05) is 18.7 Å². The second-order valence-electron chi connectivity index (χ2n) is 4.40. The number of aryl methyl sites for hydroxylation is 1. The Morgan fingerprint density at radius 3 is 2.47 bits per heavy atom. The van der Waals surface area contributed by atoms with Crippen LogP contribution in [-0.4, -0.2) is 28.1 Å². The molecular weight excluding hydrogens is 256 g/mol. The van der Waals surface area contributed by atoms with Gasteiger partial charge in [-0.25, -0.2) is 0 Å². The fourth-order valence-electron chi connectivity index (χ4n) is 2.04. The second-order valence-corrected chi connectivity index (χ2v) is 4.87. The fraction of sp³-hybridized carbons (Fsp3) is 0.267. The summed E-state index contributed by atoms with van der Waals surface area (Å²) in [5.74, 6) is 0.196. The first-order valence-corrected chi connectivity index (χ1v) is 6.46. The van der Waals surface area contributed by atoms with E-state index in [2.05, 4.69) is 13.2 Å². The van der Waals surface area contributed by atoms with Crippen molar-refractivity contribution in [3.05, 3.63) is 54.6 Å². The molecule has 0 amide bonds. The van der Waals surface area contributed by atoms with Crippen LogP contribution >= 0.6 is 12.2 Å². The number of aromatic hydroxyl groups is 1. The first-order valence-electron chi connectivity index (χ1n) is 6.06. The molecule has 0 aromatic heterocycles. The number of hydrogen-bond acceptors (Lipinski definition) is 3. The highest BCUT2D eigenvalue weighted by Crippen LogP contribution is 2.30. The summed E-state index contributed by atoms with van der Waals surface area (Å²) in [5, 5.41) is 10.0. The third kappa shape index (κ3) is 3.91. The zero-order valence-corrected chi connectivity index (χ0v) is 12.0. The number of rotatable bonds is 7. The van der Waals surface area contributed by atoms with Crippen molar-refractivity contribution >= 4 is 17.2 Å². The number of phenolic OH excluding ortho intramolecular Hbond substituents is 1. The van der Waals surface area contributed by atoms with Crippen molar-refractivity contribution in [1.29, 1.82) is 0 Å². The van der Waals surface area contributed by atoms with Crippen LogP contribution in [0.2, 0.25) is 0 Å². The molecule has 3 nitrogen and oxygen atoms in total. The van der Waals surface area contributed by atoms with Gasteiger partial charge in [0.1, 0.15) is 5.75 Å². The summed E-state index contributed by atoms with van der Waals surface area (Å²) >= 11 is 5.16. The molecule has 0 aliphatic rings. The molecule has 0 fully saturated rings. The number of benzene rings is 1. The minimum atomic E-state index is -0.328. The number of thiocarbonyl (C=S) groups is 1. The topological polar surface area (TPSA) is 49.5 Å². The molecule has 19 heavy (non-hydrogen) atoms. The summed E-state index contributed by atoms with van der Waals surface area (Å²) in [4.78, 5) is 2.33. The summed E-state index contributed by atoms with van der Waals surface area (Å²) in [6.45, 7) is 10.7. The van der Waals surface area contributed by atoms with Crippen molar-refractivity contribution in [2.45, 2.75) is 13.0 Å². The van der Waals surface area contributed by atoms with E-state index in [4.69, 9.17) is 18.0 Å². The average Bonchev–Trinajstić information content (AvgIpc) is 2.34. The van der Waals surface area contributed by atoms with Crippen molar-refractivity contribution in [3.8, 4) is 5.75 Å². The quantitative estimate of drug-likeness (QED) is 0.594. The molecule has 1 unspecified atom stereocenters. The lowest BCUT2D eigenvalue weighted by Gasteiger charge is -2.30. The van der Waals surface area contributed by atoms with Crippen molar-refractivity contribution in [2.75, 3.05) is 13.1 Å². The van der Waals surface area contributed by atoms with Crippen molar-refractivity contribution in [2.24, 2.45) is 5.73 Å². The first kappa shape index (κ1) is 15.4. The van der Waals surface area contributed by atoms with Gasteiger partial charge in [-0.3, -0.25) is 4.90 Å². The van der Waals surface area contributed by atoms with E-state index in [9.17, 15) is 5.11 Å². The summed E-state index contributed by atoms with van der Waals surface area (Å²) in [5.41, 5.74) is 7.63. The molecule has 102 valence electrons. The average molecular weight is 276 g/mol. The van der Waals surface area contributed by atoms with E-state index in [1.807, 2.05) is 24.0 Å². The van der Waals surface area contributed by atoms with Gasteiger partial charge in [0.15, 0.2) is 0 Å². The predicted molar refractivity (Wildman–Crippen MR) is 84.3 cm³/mol. The molecule has 4 heteroatoms. The Hall–Kier alpha value is -1.65. The van der Waals surface area contributed by atoms with Crippen LogP contribution in [0.3, 0.4) is 0 Å². The molecule has 0 bridgehead atoms. The predicted octanol–water partition coefficient (Wildman–Crippen LogP) is 2.70. The van der Waals surface area contributed by atoms with E-state index >= 15 is 0 Å². The van der Waals surface area contributed by atoms with E-state index in [0.29, 0.717) is 18.1 Å². The Kier molecular flexibility index (Phi) is 5.73. The van der Waals surface area contributed by atoms with Crippen LogP contribution < -0.4 is 5.73 Å². The lowest BCUT2D eigenvalue weighted by Crippen LogP contribution is -2.37. The Bertz CT molecular complexity index is 475. The summed E-state index contributed by atoms with van der Waals surface area (Å²) in [7, 11) is 0. The van der Waals surface area contributed by atoms with Gasteiger partial charge in [-0.2, -0.15) is 0 Å². The first-order chi connectivity index (χ1) is 9.01. The molecule has 1 aromatic rings. The Morgan fingerprint density at radius 2 is 2.00 bits per heavy atom. The van der Waals surface area contributed by atoms with E-state index in [-0.39, 0.29) is 11.8 Å². The van der Waals surface area contributed by atoms with E-state index in [0.717, 1.165) is 11.1 Å². The van der Waals surface area contributed by atoms with Gasteiger partial charge in [-0.1, -0.05) is 42.1 Å². The molecule has 0 saturated carbocycles. The van der Waals surface area contributed by atoms with Gasteiger partial charge in [-0.05, 0) is 13.0 Å². The van der Waals surface area contributed by atoms with Gasteiger partial charge in [0.2, 0.25) is 0 Å².